The number of para-hydroxylation sites is 1. The molecule has 2 aromatic carbocycles. The standard InChI is InChI=1S/C19H14F3N3O2/c20-19(21,22)14-11-15(12-7-3-1-4-8-12)24-17(26)16(14)25(18(23)27)13-9-5-2-6-10-13/h1-11H,(H2,23,27)(H,24,26). The fraction of sp³-hybridized carbons (Fsp3) is 0.0526. The number of alkyl halides is 3. The van der Waals surface area contributed by atoms with Crippen molar-refractivity contribution in [2.24, 2.45) is 5.73 Å². The van der Waals surface area contributed by atoms with Crippen molar-refractivity contribution in [1.29, 1.82) is 0 Å². The van der Waals surface area contributed by atoms with Gasteiger partial charge in [-0.2, -0.15) is 13.2 Å². The second-order valence-electron chi connectivity index (χ2n) is 5.65. The Morgan fingerprint density at radius 1 is 0.963 bits per heavy atom. The highest BCUT2D eigenvalue weighted by molar-refractivity contribution is 5.99. The molecule has 0 fully saturated rings. The lowest BCUT2D eigenvalue weighted by Gasteiger charge is -2.24. The van der Waals surface area contributed by atoms with Crippen molar-refractivity contribution in [2.75, 3.05) is 4.90 Å². The molecule has 0 radical (unpaired) electrons. The number of primary amides is 1. The number of carbonyl (C=O) groups is 1. The maximum atomic E-state index is 13.7. The van der Waals surface area contributed by atoms with E-state index in [9.17, 15) is 22.8 Å². The zero-order valence-corrected chi connectivity index (χ0v) is 13.8. The van der Waals surface area contributed by atoms with E-state index in [1.807, 2.05) is 0 Å². The van der Waals surface area contributed by atoms with Gasteiger partial charge in [-0.15, -0.1) is 0 Å². The third-order valence-electron chi connectivity index (χ3n) is 3.86. The third-order valence-corrected chi connectivity index (χ3v) is 3.86. The molecule has 0 bridgehead atoms. The maximum absolute atomic E-state index is 13.7. The number of aromatic nitrogens is 1. The molecule has 5 nitrogen and oxygen atoms in total. The number of benzene rings is 2. The summed E-state index contributed by atoms with van der Waals surface area (Å²) in [5, 5.41) is 0. The first-order chi connectivity index (χ1) is 12.8. The molecule has 0 atom stereocenters. The molecule has 0 aliphatic carbocycles. The van der Waals surface area contributed by atoms with Gasteiger partial charge in [-0.3, -0.25) is 9.69 Å². The molecule has 138 valence electrons. The Kier molecular flexibility index (Phi) is 4.72. The van der Waals surface area contributed by atoms with Crippen LogP contribution in [0.15, 0.2) is 71.5 Å². The van der Waals surface area contributed by atoms with Crippen molar-refractivity contribution in [3.63, 3.8) is 0 Å². The predicted molar refractivity (Wildman–Crippen MR) is 95.7 cm³/mol. The van der Waals surface area contributed by atoms with Crippen molar-refractivity contribution >= 4 is 17.4 Å². The van der Waals surface area contributed by atoms with Crippen molar-refractivity contribution in [3.8, 4) is 11.3 Å². The number of rotatable bonds is 3. The number of aromatic amines is 1. The minimum absolute atomic E-state index is 0.0193. The zero-order valence-electron chi connectivity index (χ0n) is 13.8. The minimum atomic E-state index is -4.88. The van der Waals surface area contributed by atoms with Gasteiger partial charge in [0.25, 0.3) is 5.56 Å². The number of pyridine rings is 1. The van der Waals surface area contributed by atoms with Crippen LogP contribution >= 0.6 is 0 Å². The van der Waals surface area contributed by atoms with E-state index in [1.54, 1.807) is 36.4 Å². The lowest BCUT2D eigenvalue weighted by atomic mass is 10.1. The van der Waals surface area contributed by atoms with E-state index >= 15 is 0 Å². The van der Waals surface area contributed by atoms with Gasteiger partial charge in [-0.1, -0.05) is 48.5 Å². The number of H-pyrrole nitrogens is 1. The first-order valence-electron chi connectivity index (χ1n) is 7.83. The number of nitrogens with one attached hydrogen (secondary N) is 1. The van der Waals surface area contributed by atoms with E-state index in [-0.39, 0.29) is 11.4 Å². The topological polar surface area (TPSA) is 79.2 Å². The average molecular weight is 373 g/mol. The number of carbonyl (C=O) groups excluding carboxylic acids is 1. The van der Waals surface area contributed by atoms with E-state index in [0.29, 0.717) is 10.5 Å². The van der Waals surface area contributed by atoms with Gasteiger partial charge in [0.15, 0.2) is 0 Å². The summed E-state index contributed by atoms with van der Waals surface area (Å²) in [5.41, 5.74) is 2.52. The lowest BCUT2D eigenvalue weighted by molar-refractivity contribution is -0.137. The summed E-state index contributed by atoms with van der Waals surface area (Å²) in [6.07, 6.45) is -4.88. The van der Waals surface area contributed by atoms with Crippen LogP contribution in [0.5, 0.6) is 0 Å². The number of amides is 2. The summed E-state index contributed by atoms with van der Waals surface area (Å²) >= 11 is 0. The molecule has 0 saturated heterocycles. The Labute approximate surface area is 151 Å². The molecular weight excluding hydrogens is 359 g/mol. The van der Waals surface area contributed by atoms with Crippen LogP contribution in [0.4, 0.5) is 29.3 Å². The third kappa shape index (κ3) is 3.69. The molecule has 1 aromatic heterocycles. The summed E-state index contributed by atoms with van der Waals surface area (Å²) in [7, 11) is 0. The van der Waals surface area contributed by atoms with Crippen LogP contribution in [0, 0.1) is 0 Å². The molecular formula is C19H14F3N3O2. The average Bonchev–Trinajstić information content (AvgIpc) is 2.63. The molecule has 0 saturated carbocycles. The molecule has 3 N–H and O–H groups in total. The van der Waals surface area contributed by atoms with Crippen LogP contribution in [0.25, 0.3) is 11.3 Å². The van der Waals surface area contributed by atoms with Gasteiger partial charge < -0.3 is 10.7 Å². The summed E-state index contributed by atoms with van der Waals surface area (Å²) in [6.45, 7) is 0. The largest absolute Gasteiger partial charge is 0.418 e. The van der Waals surface area contributed by atoms with E-state index in [1.165, 1.54) is 24.3 Å². The van der Waals surface area contributed by atoms with Gasteiger partial charge in [0.2, 0.25) is 0 Å². The van der Waals surface area contributed by atoms with Gasteiger partial charge in [-0.05, 0) is 23.8 Å². The lowest BCUT2D eigenvalue weighted by Crippen LogP contribution is -2.37. The van der Waals surface area contributed by atoms with E-state index in [0.717, 1.165) is 6.07 Å². The summed E-state index contributed by atoms with van der Waals surface area (Å²) in [6, 6.07) is 15.1. The van der Waals surface area contributed by atoms with Gasteiger partial charge in [0.1, 0.15) is 5.69 Å². The second kappa shape index (κ2) is 6.99. The number of halogens is 3. The van der Waals surface area contributed by atoms with Crippen LogP contribution in [-0.2, 0) is 6.18 Å². The number of nitrogens with zero attached hydrogens (tertiary/aromatic N) is 1. The van der Waals surface area contributed by atoms with Crippen LogP contribution in [0.3, 0.4) is 0 Å². The van der Waals surface area contributed by atoms with Crippen molar-refractivity contribution in [3.05, 3.63) is 82.6 Å². The Morgan fingerprint density at radius 2 is 1.52 bits per heavy atom. The zero-order chi connectivity index (χ0) is 19.6. The maximum Gasteiger partial charge on any atom is 0.418 e. The molecule has 3 rings (SSSR count). The quantitative estimate of drug-likeness (QED) is 0.719. The van der Waals surface area contributed by atoms with Crippen LogP contribution in [0.1, 0.15) is 5.56 Å². The molecule has 2 amide bonds. The highest BCUT2D eigenvalue weighted by Crippen LogP contribution is 2.38. The molecule has 0 aliphatic rings. The molecule has 8 heteroatoms. The summed E-state index contributed by atoms with van der Waals surface area (Å²) < 4.78 is 41.2. The van der Waals surface area contributed by atoms with Crippen LogP contribution < -0.4 is 16.2 Å². The number of nitrogens with two attached hydrogens (primary N) is 1. The Balaban J connectivity index is 2.29. The van der Waals surface area contributed by atoms with Gasteiger partial charge >= 0.3 is 12.2 Å². The Morgan fingerprint density at radius 3 is 2.04 bits per heavy atom. The fourth-order valence-corrected chi connectivity index (χ4v) is 2.71. The van der Waals surface area contributed by atoms with Crippen molar-refractivity contribution in [2.45, 2.75) is 6.18 Å². The van der Waals surface area contributed by atoms with Crippen molar-refractivity contribution < 1.29 is 18.0 Å². The van der Waals surface area contributed by atoms with Gasteiger partial charge in [0, 0.05) is 5.69 Å². The number of hydrogen-bond donors (Lipinski definition) is 2. The van der Waals surface area contributed by atoms with E-state index < -0.39 is 29.0 Å². The number of anilines is 2. The first kappa shape index (κ1) is 18.2. The highest BCUT2D eigenvalue weighted by atomic mass is 19.4. The number of hydrogen-bond acceptors (Lipinski definition) is 2. The molecule has 3 aromatic rings. The fourth-order valence-electron chi connectivity index (χ4n) is 2.71. The van der Waals surface area contributed by atoms with Crippen molar-refractivity contribution in [1.82, 2.24) is 4.98 Å². The number of urea groups is 1. The summed E-state index contributed by atoms with van der Waals surface area (Å²) in [4.78, 5) is 27.5. The molecule has 0 aliphatic heterocycles. The molecule has 0 unspecified atom stereocenters. The predicted octanol–water partition coefficient (Wildman–Crippen LogP) is 4.28. The molecule has 1 heterocycles. The first-order valence-corrected chi connectivity index (χ1v) is 7.83. The minimum Gasteiger partial charge on any atom is -0.351 e. The monoisotopic (exact) mass is 373 g/mol. The highest BCUT2D eigenvalue weighted by Gasteiger charge is 2.38. The van der Waals surface area contributed by atoms with E-state index in [4.69, 9.17) is 5.73 Å². The molecule has 0 spiro atoms. The van der Waals surface area contributed by atoms with Gasteiger partial charge in [0.05, 0.1) is 11.3 Å². The van der Waals surface area contributed by atoms with Gasteiger partial charge in [-0.25, -0.2) is 4.79 Å². The smallest absolute Gasteiger partial charge is 0.351 e. The summed E-state index contributed by atoms with van der Waals surface area (Å²) in [5.74, 6) is 0. The Hall–Kier alpha value is -3.55. The van der Waals surface area contributed by atoms with E-state index in [2.05, 4.69) is 4.98 Å². The van der Waals surface area contributed by atoms with Crippen LogP contribution in [0.2, 0.25) is 0 Å². The molecule has 27 heavy (non-hydrogen) atoms. The SMILES string of the molecule is NC(=O)N(c1ccccc1)c1c(C(F)(F)F)cc(-c2ccccc2)[nH]c1=O. The normalized spacial score (nSPS) is 11.2. The second-order valence-corrected chi connectivity index (χ2v) is 5.65. The van der Waals surface area contributed by atoms with Crippen LogP contribution in [-0.4, -0.2) is 11.0 Å². The Bertz CT molecular complexity index is 1020.